The van der Waals surface area contributed by atoms with Crippen LogP contribution < -0.4 is 0 Å². The number of aliphatic hydroxyl groups is 1. The van der Waals surface area contributed by atoms with E-state index in [1.165, 1.54) is 0 Å². The Morgan fingerprint density at radius 1 is 1.04 bits per heavy atom. The third-order valence-electron chi connectivity index (χ3n) is 6.04. The van der Waals surface area contributed by atoms with Crippen molar-refractivity contribution in [2.45, 2.75) is 45.4 Å². The summed E-state index contributed by atoms with van der Waals surface area (Å²) in [6.07, 6.45) is 7.45. The number of carbonyl (C=O) groups excluding carboxylic acids is 1. The van der Waals surface area contributed by atoms with Crippen LogP contribution in [0.15, 0.2) is 41.1 Å². The van der Waals surface area contributed by atoms with Crippen molar-refractivity contribution in [3.8, 4) is 0 Å². The second kappa shape index (κ2) is 7.82. The zero-order valence-corrected chi connectivity index (χ0v) is 15.6. The molecule has 0 radical (unpaired) electrons. The van der Waals surface area contributed by atoms with Gasteiger partial charge in [-0.15, -0.1) is 0 Å². The van der Waals surface area contributed by atoms with E-state index in [2.05, 4.69) is 9.88 Å². The van der Waals surface area contributed by atoms with Crippen LogP contribution in [0.2, 0.25) is 0 Å². The molecule has 6 heteroatoms. The smallest absolute Gasteiger partial charge is 0.222 e. The Balaban J connectivity index is 1.34. The maximum atomic E-state index is 12.4. The second-order valence-electron chi connectivity index (χ2n) is 7.91. The van der Waals surface area contributed by atoms with E-state index in [4.69, 9.17) is 9.52 Å². The lowest BCUT2D eigenvalue weighted by Gasteiger charge is -2.47. The molecule has 1 N–H and O–H groups in total. The normalized spacial score (nSPS) is 20.3. The molecule has 4 heterocycles. The number of hydrogen-bond acceptors (Lipinski definition) is 5. The van der Waals surface area contributed by atoms with E-state index in [0.29, 0.717) is 18.7 Å². The van der Waals surface area contributed by atoms with Crippen LogP contribution in [0.5, 0.6) is 0 Å². The maximum Gasteiger partial charge on any atom is 0.222 e. The van der Waals surface area contributed by atoms with E-state index in [-0.39, 0.29) is 17.9 Å². The molecule has 0 saturated carbocycles. The number of amides is 1. The van der Waals surface area contributed by atoms with Crippen LogP contribution >= 0.6 is 0 Å². The summed E-state index contributed by atoms with van der Waals surface area (Å²) in [4.78, 5) is 20.9. The summed E-state index contributed by atoms with van der Waals surface area (Å²) < 4.78 is 5.62. The number of carbonyl (C=O) groups is 1. The standard InChI is InChI=1S/C21H27N3O3/c25-15-19-2-1-18(27-19)14-23-11-7-21(8-12-23)6-3-20(26)24(16-21)13-17-4-9-22-10-5-17/h1-2,4-5,9-10,25H,3,6-8,11-16H2. The van der Waals surface area contributed by atoms with Crippen LogP contribution in [0.4, 0.5) is 0 Å². The maximum absolute atomic E-state index is 12.4. The van der Waals surface area contributed by atoms with Crippen LogP contribution in [-0.2, 0) is 24.5 Å². The van der Waals surface area contributed by atoms with Gasteiger partial charge in [0.2, 0.25) is 5.91 Å². The number of pyridine rings is 1. The average Bonchev–Trinajstić information content (AvgIpc) is 3.15. The summed E-state index contributed by atoms with van der Waals surface area (Å²) in [5, 5.41) is 9.13. The summed E-state index contributed by atoms with van der Waals surface area (Å²) >= 11 is 0. The lowest BCUT2D eigenvalue weighted by molar-refractivity contribution is -0.140. The Morgan fingerprint density at radius 2 is 1.78 bits per heavy atom. The van der Waals surface area contributed by atoms with Crippen molar-refractivity contribution in [3.05, 3.63) is 53.7 Å². The molecule has 0 unspecified atom stereocenters. The van der Waals surface area contributed by atoms with Gasteiger partial charge in [-0.2, -0.15) is 0 Å². The van der Waals surface area contributed by atoms with Crippen molar-refractivity contribution in [2.75, 3.05) is 19.6 Å². The van der Waals surface area contributed by atoms with Crippen molar-refractivity contribution >= 4 is 5.91 Å². The molecule has 144 valence electrons. The number of rotatable bonds is 5. The molecule has 0 aliphatic carbocycles. The van der Waals surface area contributed by atoms with Crippen molar-refractivity contribution in [1.29, 1.82) is 0 Å². The number of aliphatic hydroxyl groups excluding tert-OH is 1. The van der Waals surface area contributed by atoms with E-state index >= 15 is 0 Å². The van der Waals surface area contributed by atoms with Crippen LogP contribution in [-0.4, -0.2) is 45.4 Å². The summed E-state index contributed by atoms with van der Waals surface area (Å²) in [5.41, 5.74) is 1.39. The predicted molar refractivity (Wildman–Crippen MR) is 100 cm³/mol. The first kappa shape index (κ1) is 18.2. The SMILES string of the molecule is O=C1CCC2(CCN(Cc3ccc(CO)o3)CC2)CN1Cc1ccncc1. The third kappa shape index (κ3) is 4.22. The highest BCUT2D eigenvalue weighted by Gasteiger charge is 2.40. The van der Waals surface area contributed by atoms with Crippen molar-refractivity contribution in [3.63, 3.8) is 0 Å². The van der Waals surface area contributed by atoms with Crippen molar-refractivity contribution in [2.24, 2.45) is 5.41 Å². The van der Waals surface area contributed by atoms with E-state index in [1.807, 2.05) is 29.2 Å². The monoisotopic (exact) mass is 369 g/mol. The summed E-state index contributed by atoms with van der Waals surface area (Å²) in [5.74, 6) is 1.80. The minimum atomic E-state index is -0.0511. The fourth-order valence-corrected chi connectivity index (χ4v) is 4.36. The van der Waals surface area contributed by atoms with Gasteiger partial charge in [0, 0.05) is 31.9 Å². The second-order valence-corrected chi connectivity index (χ2v) is 7.91. The Kier molecular flexibility index (Phi) is 5.27. The van der Waals surface area contributed by atoms with E-state index < -0.39 is 0 Å². The van der Waals surface area contributed by atoms with Gasteiger partial charge < -0.3 is 14.4 Å². The first-order chi connectivity index (χ1) is 13.2. The zero-order chi connectivity index (χ0) is 18.7. The number of hydrogen-bond donors (Lipinski definition) is 1. The molecule has 2 fully saturated rings. The Labute approximate surface area is 159 Å². The lowest BCUT2D eigenvalue weighted by atomic mass is 9.72. The predicted octanol–water partition coefficient (Wildman–Crippen LogP) is 2.57. The Morgan fingerprint density at radius 3 is 2.48 bits per heavy atom. The highest BCUT2D eigenvalue weighted by Crippen LogP contribution is 2.40. The molecule has 6 nitrogen and oxygen atoms in total. The first-order valence-corrected chi connectivity index (χ1v) is 9.73. The molecule has 2 saturated heterocycles. The fourth-order valence-electron chi connectivity index (χ4n) is 4.36. The molecule has 2 aliphatic heterocycles. The van der Waals surface area contributed by atoms with E-state index in [0.717, 1.165) is 56.8 Å². The molecule has 0 aromatic carbocycles. The van der Waals surface area contributed by atoms with Gasteiger partial charge in [-0.1, -0.05) is 0 Å². The minimum Gasteiger partial charge on any atom is -0.462 e. The molecule has 27 heavy (non-hydrogen) atoms. The quantitative estimate of drug-likeness (QED) is 0.877. The van der Waals surface area contributed by atoms with Crippen molar-refractivity contribution < 1.29 is 14.3 Å². The Bertz CT molecular complexity index is 766. The third-order valence-corrected chi connectivity index (χ3v) is 6.04. The molecule has 1 amide bonds. The summed E-state index contributed by atoms with van der Waals surface area (Å²) in [7, 11) is 0. The van der Waals surface area contributed by atoms with Gasteiger partial charge in [-0.3, -0.25) is 14.7 Å². The molecular weight excluding hydrogens is 342 g/mol. The number of nitrogens with zero attached hydrogens (tertiary/aromatic N) is 3. The molecule has 0 bridgehead atoms. The van der Waals surface area contributed by atoms with Crippen molar-refractivity contribution in [1.82, 2.24) is 14.8 Å². The average molecular weight is 369 g/mol. The lowest BCUT2D eigenvalue weighted by Crippen LogP contribution is -2.51. The van der Waals surface area contributed by atoms with E-state index in [9.17, 15) is 4.79 Å². The number of furan rings is 1. The number of piperidine rings is 2. The van der Waals surface area contributed by atoms with Crippen LogP contribution in [0.1, 0.15) is 42.8 Å². The van der Waals surface area contributed by atoms with Gasteiger partial charge in [-0.05, 0) is 67.6 Å². The van der Waals surface area contributed by atoms with Crippen LogP contribution in [0.3, 0.4) is 0 Å². The highest BCUT2D eigenvalue weighted by atomic mass is 16.4. The van der Waals surface area contributed by atoms with Gasteiger partial charge in [-0.25, -0.2) is 0 Å². The molecular formula is C21H27N3O3. The van der Waals surface area contributed by atoms with Gasteiger partial charge in [0.25, 0.3) is 0 Å². The van der Waals surface area contributed by atoms with Gasteiger partial charge >= 0.3 is 0 Å². The minimum absolute atomic E-state index is 0.0511. The largest absolute Gasteiger partial charge is 0.462 e. The first-order valence-electron chi connectivity index (χ1n) is 9.73. The van der Waals surface area contributed by atoms with Gasteiger partial charge in [0.15, 0.2) is 0 Å². The van der Waals surface area contributed by atoms with Gasteiger partial charge in [0.1, 0.15) is 18.1 Å². The molecule has 2 aromatic rings. The topological polar surface area (TPSA) is 69.8 Å². The Hall–Kier alpha value is -2.18. The fraction of sp³-hybridized carbons (Fsp3) is 0.524. The van der Waals surface area contributed by atoms with E-state index in [1.54, 1.807) is 12.4 Å². The zero-order valence-electron chi connectivity index (χ0n) is 15.6. The molecule has 0 atom stereocenters. The summed E-state index contributed by atoms with van der Waals surface area (Å²) in [6, 6.07) is 7.76. The number of aromatic nitrogens is 1. The molecule has 2 aromatic heterocycles. The summed E-state index contributed by atoms with van der Waals surface area (Å²) in [6.45, 7) is 4.32. The van der Waals surface area contributed by atoms with Crippen LogP contribution in [0.25, 0.3) is 0 Å². The molecule has 1 spiro atoms. The van der Waals surface area contributed by atoms with Gasteiger partial charge in [0.05, 0.1) is 6.54 Å². The molecule has 2 aliphatic rings. The number of likely N-dealkylation sites (tertiary alicyclic amines) is 2. The molecule has 4 rings (SSSR count). The highest BCUT2D eigenvalue weighted by molar-refractivity contribution is 5.77. The van der Waals surface area contributed by atoms with Crippen LogP contribution in [0, 0.1) is 5.41 Å².